The first-order valence-electron chi connectivity index (χ1n) is 9.06. The van der Waals surface area contributed by atoms with Crippen LogP contribution in [0.25, 0.3) is 22.5 Å². The largest absolute Gasteiger partial charge is 0.416 e. The Morgan fingerprint density at radius 3 is 2.23 bits per heavy atom. The highest BCUT2D eigenvalue weighted by molar-refractivity contribution is 7.90. The van der Waals surface area contributed by atoms with E-state index >= 15 is 0 Å². The van der Waals surface area contributed by atoms with Crippen LogP contribution in [-0.4, -0.2) is 29.0 Å². The van der Waals surface area contributed by atoms with Gasteiger partial charge in [-0.05, 0) is 52.2 Å². The minimum atomic E-state index is -4.43. The molecule has 0 aliphatic carbocycles. The highest BCUT2D eigenvalue weighted by Crippen LogP contribution is 2.31. The maximum atomic E-state index is 13.0. The van der Waals surface area contributed by atoms with E-state index in [2.05, 4.69) is 20.6 Å². The van der Waals surface area contributed by atoms with Crippen LogP contribution in [0.5, 0.6) is 0 Å². The molecule has 4 aromatic rings. The molecule has 0 spiro atoms. The van der Waals surface area contributed by atoms with E-state index in [0.29, 0.717) is 28.1 Å². The summed E-state index contributed by atoms with van der Waals surface area (Å²) in [6, 6.07) is 17.5. The number of alkyl halides is 3. The molecule has 10 heteroatoms. The van der Waals surface area contributed by atoms with Crippen molar-refractivity contribution in [3.8, 4) is 22.5 Å². The number of hydrogen-bond acceptors (Lipinski definition) is 5. The molecule has 0 aliphatic rings. The molecule has 0 saturated heterocycles. The Morgan fingerprint density at radius 1 is 0.839 bits per heavy atom. The van der Waals surface area contributed by atoms with Crippen LogP contribution in [0.1, 0.15) is 11.1 Å². The Bertz CT molecular complexity index is 1300. The number of halogens is 3. The zero-order chi connectivity index (χ0) is 22.1. The van der Waals surface area contributed by atoms with E-state index < -0.39 is 21.6 Å². The lowest BCUT2D eigenvalue weighted by molar-refractivity contribution is -0.137. The lowest BCUT2D eigenvalue weighted by Gasteiger charge is -2.10. The molecule has 0 bridgehead atoms. The predicted octanol–water partition coefficient (Wildman–Crippen LogP) is 4.53. The lowest BCUT2D eigenvalue weighted by Crippen LogP contribution is -2.05. The molecule has 6 nitrogen and oxygen atoms in total. The van der Waals surface area contributed by atoms with Gasteiger partial charge in [0.25, 0.3) is 0 Å². The third kappa shape index (κ3) is 4.64. The molecule has 31 heavy (non-hydrogen) atoms. The summed E-state index contributed by atoms with van der Waals surface area (Å²) >= 11 is 0. The second-order valence-electron chi connectivity index (χ2n) is 6.80. The highest BCUT2D eigenvalue weighted by Gasteiger charge is 2.30. The number of benzene rings is 3. The maximum absolute atomic E-state index is 13.0. The van der Waals surface area contributed by atoms with E-state index in [1.54, 1.807) is 36.4 Å². The number of sulfone groups is 1. The van der Waals surface area contributed by atoms with Crippen LogP contribution < -0.4 is 0 Å². The maximum Gasteiger partial charge on any atom is 0.416 e. The molecule has 158 valence electrons. The number of aromatic nitrogens is 4. The summed E-state index contributed by atoms with van der Waals surface area (Å²) in [5.41, 5.74) is 1.41. The van der Waals surface area contributed by atoms with Gasteiger partial charge in [0, 0.05) is 5.56 Å². The molecule has 1 aromatic heterocycles. The lowest BCUT2D eigenvalue weighted by atomic mass is 10.0. The quantitative estimate of drug-likeness (QED) is 0.489. The Hall–Kier alpha value is -3.53. The molecule has 0 fully saturated rings. The van der Waals surface area contributed by atoms with E-state index in [0.717, 1.165) is 12.1 Å². The van der Waals surface area contributed by atoms with Gasteiger partial charge < -0.3 is 0 Å². The summed E-state index contributed by atoms with van der Waals surface area (Å²) < 4.78 is 64.3. The molecule has 0 aliphatic heterocycles. The normalized spacial score (nSPS) is 12.1. The molecular weight excluding hydrogens is 429 g/mol. The summed E-state index contributed by atoms with van der Waals surface area (Å²) in [5, 5.41) is 13.6. The average molecular weight is 444 g/mol. The predicted molar refractivity (Wildman–Crippen MR) is 107 cm³/mol. The van der Waals surface area contributed by atoms with Crippen molar-refractivity contribution in [1.82, 2.24) is 20.6 Å². The third-order valence-corrected chi connectivity index (χ3v) is 6.31. The van der Waals surface area contributed by atoms with E-state index in [1.165, 1.54) is 24.3 Å². The van der Waals surface area contributed by atoms with Gasteiger partial charge in [-0.15, -0.1) is 10.2 Å². The van der Waals surface area contributed by atoms with Crippen LogP contribution in [0.3, 0.4) is 0 Å². The Balaban J connectivity index is 1.60. The van der Waals surface area contributed by atoms with Gasteiger partial charge in [0.15, 0.2) is 9.84 Å². The molecule has 4 rings (SSSR count). The second-order valence-corrected chi connectivity index (χ2v) is 8.79. The van der Waals surface area contributed by atoms with Crippen molar-refractivity contribution >= 4 is 9.84 Å². The third-order valence-electron chi connectivity index (χ3n) is 4.63. The zero-order valence-corrected chi connectivity index (χ0v) is 16.7. The van der Waals surface area contributed by atoms with Crippen LogP contribution in [0.2, 0.25) is 0 Å². The van der Waals surface area contributed by atoms with Gasteiger partial charge in [-0.1, -0.05) is 42.5 Å². The summed E-state index contributed by atoms with van der Waals surface area (Å²) in [6.45, 7) is 0. The van der Waals surface area contributed by atoms with Crippen molar-refractivity contribution < 1.29 is 21.6 Å². The highest BCUT2D eigenvalue weighted by atomic mass is 32.2. The van der Waals surface area contributed by atoms with Crippen molar-refractivity contribution in [1.29, 1.82) is 0 Å². The van der Waals surface area contributed by atoms with Gasteiger partial charge in [-0.3, -0.25) is 0 Å². The SMILES string of the molecule is O=S(=O)(Cc1cccc(-c2nn[nH]n2)c1)c1cccc(-c2ccc(C(F)(F)F)cc2)c1. The molecule has 3 aromatic carbocycles. The summed E-state index contributed by atoms with van der Waals surface area (Å²) in [7, 11) is -3.71. The molecule has 0 radical (unpaired) electrons. The number of rotatable bonds is 5. The van der Waals surface area contributed by atoms with Crippen molar-refractivity contribution in [2.24, 2.45) is 0 Å². The fourth-order valence-corrected chi connectivity index (χ4v) is 4.49. The van der Waals surface area contributed by atoms with Gasteiger partial charge >= 0.3 is 6.18 Å². The second kappa shape index (κ2) is 7.95. The van der Waals surface area contributed by atoms with E-state index in [9.17, 15) is 21.6 Å². The standard InChI is InChI=1S/C21H15F3N4O2S/c22-21(23,24)18-9-7-15(8-10-18)16-4-2-6-19(12-16)31(29,30)13-14-3-1-5-17(11-14)20-25-27-28-26-20/h1-12H,13H2,(H,25,26,27,28). The summed E-state index contributed by atoms with van der Waals surface area (Å²) in [5.74, 6) is 0.0957. The molecule has 0 atom stereocenters. The number of hydrogen-bond donors (Lipinski definition) is 1. The van der Waals surface area contributed by atoms with Crippen LogP contribution in [0.15, 0.2) is 77.7 Å². The van der Waals surface area contributed by atoms with Crippen molar-refractivity contribution in [2.75, 3.05) is 0 Å². The van der Waals surface area contributed by atoms with Crippen LogP contribution in [0.4, 0.5) is 13.2 Å². The fraction of sp³-hybridized carbons (Fsp3) is 0.0952. The van der Waals surface area contributed by atoms with E-state index in [-0.39, 0.29) is 10.6 Å². The van der Waals surface area contributed by atoms with E-state index in [4.69, 9.17) is 0 Å². The van der Waals surface area contributed by atoms with Crippen molar-refractivity contribution in [3.05, 3.63) is 83.9 Å². The van der Waals surface area contributed by atoms with Crippen LogP contribution in [-0.2, 0) is 21.8 Å². The Morgan fingerprint density at radius 2 is 1.55 bits per heavy atom. The van der Waals surface area contributed by atoms with Gasteiger partial charge in [0.2, 0.25) is 5.82 Å². The molecule has 0 saturated carbocycles. The van der Waals surface area contributed by atoms with E-state index in [1.807, 2.05) is 0 Å². The van der Waals surface area contributed by atoms with Crippen LogP contribution >= 0.6 is 0 Å². The summed E-state index contributed by atoms with van der Waals surface area (Å²) in [4.78, 5) is 0.0786. The summed E-state index contributed by atoms with van der Waals surface area (Å²) in [6.07, 6.45) is -4.43. The first-order valence-corrected chi connectivity index (χ1v) is 10.7. The first kappa shape index (κ1) is 20.7. The number of H-pyrrole nitrogens is 1. The minimum absolute atomic E-state index is 0.0786. The van der Waals surface area contributed by atoms with Gasteiger partial charge in [-0.25, -0.2) is 8.42 Å². The van der Waals surface area contributed by atoms with Crippen LogP contribution in [0, 0.1) is 0 Å². The van der Waals surface area contributed by atoms with Gasteiger partial charge in [-0.2, -0.15) is 18.4 Å². The molecular formula is C21H15F3N4O2S. The zero-order valence-electron chi connectivity index (χ0n) is 15.8. The number of nitrogens with zero attached hydrogens (tertiary/aromatic N) is 3. The smallest absolute Gasteiger partial charge is 0.223 e. The van der Waals surface area contributed by atoms with Crippen molar-refractivity contribution in [2.45, 2.75) is 16.8 Å². The van der Waals surface area contributed by atoms with Gasteiger partial charge in [0.1, 0.15) is 0 Å². The monoisotopic (exact) mass is 444 g/mol. The first-order chi connectivity index (χ1) is 14.7. The fourth-order valence-electron chi connectivity index (χ4n) is 3.11. The number of nitrogens with one attached hydrogen (secondary N) is 1. The Labute approximate surface area is 175 Å². The molecule has 0 unspecified atom stereocenters. The van der Waals surface area contributed by atoms with Gasteiger partial charge in [0.05, 0.1) is 16.2 Å². The number of tetrazole rings is 1. The minimum Gasteiger partial charge on any atom is -0.223 e. The van der Waals surface area contributed by atoms with Crippen molar-refractivity contribution in [3.63, 3.8) is 0 Å². The topological polar surface area (TPSA) is 88.6 Å². The molecule has 1 N–H and O–H groups in total. The number of aromatic amines is 1. The molecule has 0 amide bonds. The average Bonchev–Trinajstić information content (AvgIpc) is 3.28. The Kier molecular flexibility index (Phi) is 5.32. The molecule has 1 heterocycles.